The van der Waals surface area contributed by atoms with Crippen LogP contribution in [0.15, 0.2) is 59.6 Å². The largest absolute Gasteiger partial charge is 0.458 e. The highest BCUT2D eigenvalue weighted by molar-refractivity contribution is 8.77. The molecule has 2 aromatic carbocycles. The minimum Gasteiger partial charge on any atom is -0.458 e. The molecular formula is C34H47N5O5S3. The quantitative estimate of drug-likeness (QED) is 0.224. The fourth-order valence-corrected chi connectivity index (χ4v) is 7.52. The smallest absolute Gasteiger partial charge is 0.329 e. The molecule has 0 saturated carbocycles. The van der Waals surface area contributed by atoms with Crippen LogP contribution in [0.5, 0.6) is 0 Å². The first-order valence-electron chi connectivity index (χ1n) is 15.4. The lowest BCUT2D eigenvalue weighted by atomic mass is 10.0. The van der Waals surface area contributed by atoms with Gasteiger partial charge in [-0.15, -0.1) is 0 Å². The fourth-order valence-electron chi connectivity index (χ4n) is 4.63. The zero-order valence-electron chi connectivity index (χ0n) is 28.4. The van der Waals surface area contributed by atoms with Crippen molar-refractivity contribution in [3.05, 3.63) is 65.7 Å². The van der Waals surface area contributed by atoms with Crippen LogP contribution in [0.2, 0.25) is 0 Å². The Morgan fingerprint density at radius 1 is 1.04 bits per heavy atom. The molecule has 3 atom stereocenters. The van der Waals surface area contributed by atoms with E-state index in [4.69, 9.17) is 15.5 Å². The number of benzodiazepines with no additional fused rings is 1. The number of nitrogens with two attached hydrogens (primary N) is 1. The molecule has 1 aliphatic rings. The van der Waals surface area contributed by atoms with E-state index >= 15 is 0 Å². The highest BCUT2D eigenvalue weighted by atomic mass is 33.1. The zero-order valence-corrected chi connectivity index (χ0v) is 30.9. The second kappa shape index (κ2) is 16.9. The van der Waals surface area contributed by atoms with E-state index in [-0.39, 0.29) is 4.75 Å². The summed E-state index contributed by atoms with van der Waals surface area (Å²) in [5.41, 5.74) is 7.93. The Balaban J connectivity index is 1.99. The van der Waals surface area contributed by atoms with Crippen LogP contribution in [0.1, 0.15) is 59.1 Å². The molecule has 13 heteroatoms. The molecule has 0 aliphatic carbocycles. The van der Waals surface area contributed by atoms with Crippen LogP contribution in [0, 0.1) is 0 Å². The third kappa shape index (κ3) is 11.3. The Kier molecular flexibility index (Phi) is 13.8. The lowest BCUT2D eigenvalue weighted by Crippen LogP contribution is -2.55. The summed E-state index contributed by atoms with van der Waals surface area (Å²) in [6, 6.07) is 14.8. The van der Waals surface area contributed by atoms with Crippen molar-refractivity contribution in [1.82, 2.24) is 10.2 Å². The first kappa shape index (κ1) is 38.4. The van der Waals surface area contributed by atoms with Crippen LogP contribution in [0.25, 0.3) is 0 Å². The summed E-state index contributed by atoms with van der Waals surface area (Å²) >= 11 is 1.55. The van der Waals surface area contributed by atoms with Crippen molar-refractivity contribution in [1.29, 1.82) is 0 Å². The summed E-state index contributed by atoms with van der Waals surface area (Å²) in [7, 11) is 4.63. The van der Waals surface area contributed by atoms with Gasteiger partial charge in [-0.3, -0.25) is 19.3 Å². The van der Waals surface area contributed by atoms with Crippen molar-refractivity contribution in [2.75, 3.05) is 36.3 Å². The molecule has 0 bridgehead atoms. The molecule has 47 heavy (non-hydrogen) atoms. The highest BCUT2D eigenvalue weighted by Crippen LogP contribution is 2.35. The number of rotatable bonds is 13. The summed E-state index contributed by atoms with van der Waals surface area (Å²) in [5.74, 6) is -1.15. The van der Waals surface area contributed by atoms with Crippen LogP contribution in [-0.4, -0.2) is 94.3 Å². The van der Waals surface area contributed by atoms with Crippen molar-refractivity contribution in [3.8, 4) is 0 Å². The van der Waals surface area contributed by atoms with Crippen molar-refractivity contribution in [2.24, 2.45) is 10.7 Å². The summed E-state index contributed by atoms with van der Waals surface area (Å²) in [5, 5.41) is 2.79. The Labute approximate surface area is 290 Å². The number of nitrogens with zero attached hydrogens (tertiary/aromatic N) is 3. The van der Waals surface area contributed by atoms with Crippen molar-refractivity contribution in [3.63, 3.8) is 0 Å². The maximum Gasteiger partial charge on any atom is 0.329 e. The van der Waals surface area contributed by atoms with E-state index in [0.29, 0.717) is 34.9 Å². The summed E-state index contributed by atoms with van der Waals surface area (Å²) in [6.45, 7) is 11.1. The number of hydrogen-bond donors (Lipinski definition) is 2. The Morgan fingerprint density at radius 2 is 1.68 bits per heavy atom. The maximum absolute atomic E-state index is 14.4. The third-order valence-electron chi connectivity index (χ3n) is 6.76. The second-order valence-electron chi connectivity index (χ2n) is 13.1. The van der Waals surface area contributed by atoms with E-state index in [2.05, 4.69) is 26.1 Å². The van der Waals surface area contributed by atoms with E-state index in [1.807, 2.05) is 48.7 Å². The zero-order chi connectivity index (χ0) is 34.9. The molecule has 3 amide bonds. The van der Waals surface area contributed by atoms with Crippen LogP contribution in [0.3, 0.4) is 0 Å². The molecule has 0 radical (unpaired) electrons. The maximum atomic E-state index is 14.4. The number of hydrogen-bond acceptors (Lipinski definition) is 10. The number of para-hydroxylation sites is 1. The van der Waals surface area contributed by atoms with Crippen LogP contribution < -0.4 is 16.0 Å². The Morgan fingerprint density at radius 3 is 2.30 bits per heavy atom. The molecule has 3 rings (SSSR count). The Bertz CT molecular complexity index is 1440. The Hall–Kier alpha value is -3.00. The van der Waals surface area contributed by atoms with E-state index in [0.717, 1.165) is 5.56 Å². The normalized spacial score (nSPS) is 16.4. The number of benzene rings is 2. The van der Waals surface area contributed by atoms with Gasteiger partial charge in [0.1, 0.15) is 18.2 Å². The van der Waals surface area contributed by atoms with Gasteiger partial charge in [-0.1, -0.05) is 90.9 Å². The number of ether oxygens (including phenoxy) is 1. The van der Waals surface area contributed by atoms with Gasteiger partial charge in [0.05, 0.1) is 17.4 Å². The minimum absolute atomic E-state index is 0.0177. The summed E-state index contributed by atoms with van der Waals surface area (Å²) in [4.78, 5) is 62.2. The molecule has 1 aliphatic heterocycles. The van der Waals surface area contributed by atoms with Gasteiger partial charge >= 0.3 is 5.97 Å². The van der Waals surface area contributed by atoms with Crippen molar-refractivity contribution in [2.45, 2.75) is 76.6 Å². The number of amides is 3. The first-order chi connectivity index (χ1) is 22.0. The standard InChI is InChI=1S/C34H47N5O5S3/c1-33(2,3)44-32(43)25(18-19-45-8)36-27(40)20-39-26-17-13-12-16-23(26)28(22-14-10-9-11-15-22)37-29(31(39)42)38(7)30(41)24(35)21-46-47-34(4,5)6/h9-17,24-25,29H,18-21,35H2,1-8H3,(H,36,40)/t24?,25-,29?/m0/s1. The summed E-state index contributed by atoms with van der Waals surface area (Å²) < 4.78 is 5.55. The number of esters is 1. The second-order valence-corrected chi connectivity index (χ2v) is 17.3. The SMILES string of the molecule is CSCC[C@H](NC(=O)CN1C(=O)C(N(C)C(=O)C(N)CSSC(C)(C)C)N=C(c2ccccc2)c2ccccc21)C(=O)OC(C)(C)C. The van der Waals surface area contributed by atoms with Gasteiger partial charge in [0.2, 0.25) is 18.0 Å². The van der Waals surface area contributed by atoms with Gasteiger partial charge in [-0.05, 0) is 45.3 Å². The third-order valence-corrected chi connectivity index (χ3v) is 10.8. The number of carbonyl (C=O) groups is 4. The number of carbonyl (C=O) groups excluding carboxylic acids is 4. The van der Waals surface area contributed by atoms with Gasteiger partial charge in [-0.25, -0.2) is 9.79 Å². The van der Waals surface area contributed by atoms with Crippen molar-refractivity contribution < 1.29 is 23.9 Å². The van der Waals surface area contributed by atoms with Gasteiger partial charge in [0, 0.05) is 28.7 Å². The number of likely N-dealkylation sites (N-methyl/N-ethyl adjacent to an activating group) is 1. The molecule has 2 aromatic rings. The lowest BCUT2D eigenvalue weighted by molar-refractivity contribution is -0.158. The molecule has 10 nitrogen and oxygen atoms in total. The highest BCUT2D eigenvalue weighted by Gasteiger charge is 2.38. The number of nitrogens with one attached hydrogen (secondary N) is 1. The van der Waals surface area contributed by atoms with Gasteiger partial charge in [-0.2, -0.15) is 11.8 Å². The lowest BCUT2D eigenvalue weighted by Gasteiger charge is -2.31. The molecule has 0 saturated heterocycles. The number of thioether (sulfide) groups is 1. The number of aliphatic imine (C=N–C) groups is 1. The molecule has 0 aromatic heterocycles. The fraction of sp³-hybridized carbons (Fsp3) is 0.500. The number of fused-ring (bicyclic) bond motifs is 1. The first-order valence-corrected chi connectivity index (χ1v) is 19.1. The molecule has 2 unspecified atom stereocenters. The van der Waals surface area contributed by atoms with Gasteiger partial charge < -0.3 is 20.7 Å². The van der Waals surface area contributed by atoms with Crippen LogP contribution in [0.4, 0.5) is 5.69 Å². The number of anilines is 1. The van der Waals surface area contributed by atoms with Crippen LogP contribution >= 0.6 is 33.3 Å². The predicted molar refractivity (Wildman–Crippen MR) is 196 cm³/mol. The molecule has 256 valence electrons. The predicted octanol–water partition coefficient (Wildman–Crippen LogP) is 4.74. The van der Waals surface area contributed by atoms with E-state index in [1.54, 1.807) is 55.5 Å². The van der Waals surface area contributed by atoms with Gasteiger partial charge in [0.15, 0.2) is 0 Å². The van der Waals surface area contributed by atoms with E-state index in [1.165, 1.54) is 27.6 Å². The molecule has 3 N–H and O–H groups in total. The molecular weight excluding hydrogens is 655 g/mol. The van der Waals surface area contributed by atoms with E-state index in [9.17, 15) is 19.2 Å². The topological polar surface area (TPSA) is 134 Å². The van der Waals surface area contributed by atoms with Crippen molar-refractivity contribution >= 4 is 68.4 Å². The summed E-state index contributed by atoms with van der Waals surface area (Å²) in [6.07, 6.45) is 0.968. The molecule has 1 heterocycles. The molecule has 0 spiro atoms. The van der Waals surface area contributed by atoms with E-state index < -0.39 is 54.1 Å². The van der Waals surface area contributed by atoms with Gasteiger partial charge in [0.25, 0.3) is 5.91 Å². The minimum atomic E-state index is -1.30. The molecule has 0 fully saturated rings. The van der Waals surface area contributed by atoms with Crippen LogP contribution in [-0.2, 0) is 23.9 Å². The monoisotopic (exact) mass is 701 g/mol. The average Bonchev–Trinajstić information content (AvgIpc) is 3.11. The average molecular weight is 702 g/mol.